The van der Waals surface area contributed by atoms with E-state index >= 15 is 0 Å². The molecule has 11 heavy (non-hydrogen) atoms. The topological polar surface area (TPSA) is 30.3 Å². The third-order valence-electron chi connectivity index (χ3n) is 1.04. The highest BCUT2D eigenvalue weighted by Crippen LogP contribution is 1.94. The van der Waals surface area contributed by atoms with Crippen molar-refractivity contribution in [3.8, 4) is 6.07 Å². The van der Waals surface area contributed by atoms with Gasteiger partial charge in [0.25, 0.3) is 0 Å². The highest BCUT2D eigenvalue weighted by atomic mass is 15.1. The van der Waals surface area contributed by atoms with Gasteiger partial charge in [-0.2, -0.15) is 5.26 Å². The first-order valence-electron chi connectivity index (χ1n) is 3.48. The summed E-state index contributed by atoms with van der Waals surface area (Å²) < 4.78 is 0. The van der Waals surface area contributed by atoms with Gasteiger partial charge in [-0.25, -0.2) is 0 Å². The van der Waals surface area contributed by atoms with Crippen molar-refractivity contribution in [2.24, 2.45) is 0 Å². The van der Waals surface area contributed by atoms with Crippen molar-refractivity contribution in [1.82, 2.24) is 9.80 Å². The fourth-order valence-corrected chi connectivity index (χ4v) is 0.757. The van der Waals surface area contributed by atoms with Gasteiger partial charge in [0.15, 0.2) is 0 Å². The highest BCUT2D eigenvalue weighted by Gasteiger charge is 1.96. The molecule has 0 saturated heterocycles. The Morgan fingerprint density at radius 1 is 1.36 bits per heavy atom. The van der Waals surface area contributed by atoms with Gasteiger partial charge in [-0.05, 0) is 14.1 Å². The SMILES string of the molecule is CN(C)/C=C(\C#N)CN(C)C. The van der Waals surface area contributed by atoms with Crippen LogP contribution in [-0.2, 0) is 0 Å². The van der Waals surface area contributed by atoms with E-state index in [9.17, 15) is 0 Å². The van der Waals surface area contributed by atoms with E-state index in [1.165, 1.54) is 0 Å². The lowest BCUT2D eigenvalue weighted by Crippen LogP contribution is -2.16. The molecule has 3 nitrogen and oxygen atoms in total. The van der Waals surface area contributed by atoms with Crippen LogP contribution in [0, 0.1) is 11.3 Å². The number of hydrogen-bond donors (Lipinski definition) is 0. The molecule has 0 rings (SSSR count). The van der Waals surface area contributed by atoms with Gasteiger partial charge < -0.3 is 9.80 Å². The zero-order valence-corrected chi connectivity index (χ0v) is 7.63. The Labute approximate surface area is 68.5 Å². The average molecular weight is 153 g/mol. The molecule has 0 aromatic rings. The normalized spacial score (nSPS) is 11.5. The van der Waals surface area contributed by atoms with E-state index in [0.717, 1.165) is 5.57 Å². The van der Waals surface area contributed by atoms with E-state index in [1.54, 1.807) is 0 Å². The van der Waals surface area contributed by atoms with E-state index < -0.39 is 0 Å². The minimum Gasteiger partial charge on any atom is -0.383 e. The maximum atomic E-state index is 8.65. The number of hydrogen-bond acceptors (Lipinski definition) is 3. The molecule has 0 aliphatic carbocycles. The number of rotatable bonds is 3. The van der Waals surface area contributed by atoms with Crippen molar-refractivity contribution in [2.45, 2.75) is 0 Å². The Kier molecular flexibility index (Phi) is 4.32. The molecule has 0 aliphatic rings. The molecule has 0 aliphatic heterocycles. The smallest absolute Gasteiger partial charge is 0.0976 e. The summed E-state index contributed by atoms with van der Waals surface area (Å²) in [4.78, 5) is 3.85. The molecule has 0 aromatic heterocycles. The molecule has 0 saturated carbocycles. The molecule has 0 aromatic carbocycles. The molecule has 0 unspecified atom stereocenters. The summed E-state index contributed by atoms with van der Waals surface area (Å²) >= 11 is 0. The molecule has 3 heteroatoms. The van der Waals surface area contributed by atoms with E-state index in [2.05, 4.69) is 6.07 Å². The van der Waals surface area contributed by atoms with Gasteiger partial charge in [0.05, 0.1) is 11.6 Å². The van der Waals surface area contributed by atoms with E-state index in [0.29, 0.717) is 6.54 Å². The summed E-state index contributed by atoms with van der Waals surface area (Å²) in [6.45, 7) is 0.703. The average Bonchev–Trinajstić information content (AvgIpc) is 1.84. The lowest BCUT2D eigenvalue weighted by Gasteiger charge is -2.10. The van der Waals surface area contributed by atoms with Crippen LogP contribution in [-0.4, -0.2) is 44.5 Å². The molecular formula is C8H15N3. The Balaban J connectivity index is 4.09. The second kappa shape index (κ2) is 4.75. The second-order valence-corrected chi connectivity index (χ2v) is 2.97. The number of nitrogens with zero attached hydrogens (tertiary/aromatic N) is 3. The number of likely N-dealkylation sites (N-methyl/N-ethyl adjacent to an activating group) is 1. The Hall–Kier alpha value is -1.01. The van der Waals surface area contributed by atoms with Crippen molar-refractivity contribution >= 4 is 0 Å². The Morgan fingerprint density at radius 2 is 1.91 bits per heavy atom. The van der Waals surface area contributed by atoms with Crippen LogP contribution < -0.4 is 0 Å². The van der Waals surface area contributed by atoms with Crippen LogP contribution in [0.4, 0.5) is 0 Å². The minimum absolute atomic E-state index is 0.703. The van der Waals surface area contributed by atoms with Crippen LogP contribution in [0.2, 0.25) is 0 Å². The van der Waals surface area contributed by atoms with E-state index in [4.69, 9.17) is 5.26 Å². The monoisotopic (exact) mass is 153 g/mol. The first-order chi connectivity index (χ1) is 5.06. The summed E-state index contributed by atoms with van der Waals surface area (Å²) in [5.41, 5.74) is 0.778. The van der Waals surface area contributed by atoms with Crippen molar-refractivity contribution in [2.75, 3.05) is 34.7 Å². The largest absolute Gasteiger partial charge is 0.383 e. The standard InChI is InChI=1S/C8H15N3/c1-10(2)6-8(5-9)7-11(3)4/h6H,7H2,1-4H3/b8-6+. The summed E-state index contributed by atoms with van der Waals surface area (Å²) in [5.74, 6) is 0. The van der Waals surface area contributed by atoms with Crippen molar-refractivity contribution in [3.63, 3.8) is 0 Å². The Morgan fingerprint density at radius 3 is 2.18 bits per heavy atom. The lowest BCUT2D eigenvalue weighted by atomic mass is 10.3. The molecule has 0 atom stereocenters. The molecule has 0 radical (unpaired) electrons. The maximum Gasteiger partial charge on any atom is 0.0976 e. The molecule has 0 fully saturated rings. The van der Waals surface area contributed by atoms with Crippen LogP contribution in [0.15, 0.2) is 11.8 Å². The minimum atomic E-state index is 0.703. The summed E-state index contributed by atoms with van der Waals surface area (Å²) in [6, 6.07) is 2.14. The van der Waals surface area contributed by atoms with Crippen LogP contribution in [0.5, 0.6) is 0 Å². The molecule has 0 spiro atoms. The third-order valence-corrected chi connectivity index (χ3v) is 1.04. The van der Waals surface area contributed by atoms with E-state index in [1.807, 2.05) is 44.2 Å². The van der Waals surface area contributed by atoms with Gasteiger partial charge in [-0.3, -0.25) is 0 Å². The predicted octanol–water partition coefficient (Wildman–Crippen LogP) is 0.517. The summed E-state index contributed by atoms with van der Waals surface area (Å²) in [6.07, 6.45) is 1.83. The predicted molar refractivity (Wildman–Crippen MR) is 45.9 cm³/mol. The molecule has 0 bridgehead atoms. The lowest BCUT2D eigenvalue weighted by molar-refractivity contribution is 0.443. The molecule has 62 valence electrons. The molecule has 0 amide bonds. The van der Waals surface area contributed by atoms with Gasteiger partial charge in [-0.1, -0.05) is 0 Å². The second-order valence-electron chi connectivity index (χ2n) is 2.97. The molecule has 0 N–H and O–H groups in total. The first-order valence-corrected chi connectivity index (χ1v) is 3.48. The van der Waals surface area contributed by atoms with Gasteiger partial charge in [0.2, 0.25) is 0 Å². The van der Waals surface area contributed by atoms with Gasteiger partial charge in [0.1, 0.15) is 0 Å². The van der Waals surface area contributed by atoms with Crippen molar-refractivity contribution in [1.29, 1.82) is 5.26 Å². The third kappa shape index (κ3) is 5.43. The fourth-order valence-electron chi connectivity index (χ4n) is 0.757. The Bertz CT molecular complexity index is 174. The summed E-state index contributed by atoms with van der Waals surface area (Å²) in [7, 11) is 7.71. The summed E-state index contributed by atoms with van der Waals surface area (Å²) in [5, 5.41) is 8.65. The maximum absolute atomic E-state index is 8.65. The molecular weight excluding hydrogens is 138 g/mol. The highest BCUT2D eigenvalue weighted by molar-refractivity contribution is 5.21. The van der Waals surface area contributed by atoms with Gasteiger partial charge in [0, 0.05) is 26.8 Å². The van der Waals surface area contributed by atoms with Crippen molar-refractivity contribution in [3.05, 3.63) is 11.8 Å². The fraction of sp³-hybridized carbons (Fsp3) is 0.625. The van der Waals surface area contributed by atoms with Crippen LogP contribution in [0.3, 0.4) is 0 Å². The molecule has 0 heterocycles. The zero-order chi connectivity index (χ0) is 8.85. The van der Waals surface area contributed by atoms with Gasteiger partial charge in [-0.15, -0.1) is 0 Å². The van der Waals surface area contributed by atoms with Crippen LogP contribution in [0.25, 0.3) is 0 Å². The van der Waals surface area contributed by atoms with Crippen LogP contribution in [0.1, 0.15) is 0 Å². The number of nitriles is 1. The van der Waals surface area contributed by atoms with Crippen LogP contribution >= 0.6 is 0 Å². The quantitative estimate of drug-likeness (QED) is 0.554. The van der Waals surface area contributed by atoms with Gasteiger partial charge >= 0.3 is 0 Å². The first kappa shape index (κ1) is 9.99. The van der Waals surface area contributed by atoms with Crippen molar-refractivity contribution < 1.29 is 0 Å². The zero-order valence-electron chi connectivity index (χ0n) is 7.63. The van der Waals surface area contributed by atoms with E-state index in [-0.39, 0.29) is 0 Å².